The number of ether oxygens (including phenoxy) is 5. The Hall–Kier alpha value is -11.2. The summed E-state index contributed by atoms with van der Waals surface area (Å²) in [5.41, 5.74) is 22.4. The van der Waals surface area contributed by atoms with Gasteiger partial charge in [0.05, 0.1) is 61.7 Å². The lowest BCUT2D eigenvalue weighted by molar-refractivity contribution is -0.152. The fourth-order valence-corrected chi connectivity index (χ4v) is 15.1. The number of aliphatic carboxylic acids is 2. The molecule has 10 N–H and O–H groups in total. The highest BCUT2D eigenvalue weighted by atomic mass is 16.6. The third kappa shape index (κ3) is 47.3. The molecule has 2 amide bonds. The Morgan fingerprint density at radius 2 is 0.549 bits per heavy atom. The minimum absolute atomic E-state index is 0.000156. The normalized spacial score (nSPS) is 18.0. The first kappa shape index (κ1) is 125. The first-order valence-corrected chi connectivity index (χ1v) is 51.3. The second-order valence-corrected chi connectivity index (χ2v) is 42.6. The number of carboxylic acids is 2. The van der Waals surface area contributed by atoms with Crippen LogP contribution >= 0.6 is 0 Å². The number of esters is 2. The standard InChI is InChI=1S/C25H37NO4.C24H36N2O4.C23H28O3.C16H17NO2.C16H22O3.C9H17NO2.C6H12O2/c1-16(2)12-21(23(28)25(6)15-30-25)26-24(29)20(13-19-10-8-7-9-11-19)14-22(27)18(5)17(3)4;1-15(2)11-19(22(28)24(5)14-30-24)26-23(29)18(12-17-9-7-6-8-10-17)13-20(27)21(25)16(3)4;1-17(2)18(3)22(24)15-21(14-19-10-6-4-7-11-19)23(25)26-16-20-12-8-5-9-13-20;17-15(11-13-7-3-1-4-8-13)16(18)19-12-14-9-5-2-6-10-14;1-11(2)12(3)15(17)10-14(16(18)19)9-13-7-5-4-6-8-13;1-6(2)4-7(10)8(11)9(3)5-12-9;1-4(2)5(3)6(7)8/h7-11,16-18,20-21H,12-15H2,1-6H3,(H,26,29);6-10,15-16,18-19,21H,11-14,25H2,1-5H3,(H,26,29);4-13,17-18,21H,14-16H2,1-3H3;1-10,15H,11-12,17H2;4-8,11-12,14H,9-10H2,1-3H3,(H,18,19);6-7H,4-5,10H2,1-3H3;4-5H,1-3H3,(H,7,8)/t18-,20+,21-,25+;18-,19+,21+,24-;18-,21+;15-;12-,14+;7-,9+;5-/m0100000/s1. The molecular weight excluding hydrogens is 1820 g/mol. The summed E-state index contributed by atoms with van der Waals surface area (Å²) in [7, 11) is 0. The Bertz CT molecular complexity index is 4910. The van der Waals surface area contributed by atoms with Gasteiger partial charge in [0, 0.05) is 55.3 Å². The quantitative estimate of drug-likeness (QED) is 0.0137. The van der Waals surface area contributed by atoms with Crippen molar-refractivity contribution in [3.8, 4) is 0 Å². The highest BCUT2D eigenvalue weighted by Crippen LogP contribution is 2.34. The van der Waals surface area contributed by atoms with E-state index < -0.39 is 76.6 Å². The number of benzene rings is 7. The van der Waals surface area contributed by atoms with Gasteiger partial charge in [0.25, 0.3) is 0 Å². The molecule has 0 aliphatic carbocycles. The number of nitrogens with two attached hydrogens (primary N) is 3. The summed E-state index contributed by atoms with van der Waals surface area (Å²) in [5.74, 6) is -3.52. The predicted molar refractivity (Wildman–Crippen MR) is 566 cm³/mol. The average molecular weight is 1990 g/mol. The van der Waals surface area contributed by atoms with E-state index in [2.05, 4.69) is 24.5 Å². The number of hydrogen-bond acceptors (Lipinski definition) is 21. The second kappa shape index (κ2) is 63.3. The molecule has 3 heterocycles. The summed E-state index contributed by atoms with van der Waals surface area (Å²) < 4.78 is 26.4. The van der Waals surface area contributed by atoms with Crippen LogP contribution in [0.2, 0.25) is 0 Å². The van der Waals surface area contributed by atoms with Crippen molar-refractivity contribution in [1.29, 1.82) is 0 Å². The summed E-state index contributed by atoms with van der Waals surface area (Å²) in [5, 5.41) is 23.5. The summed E-state index contributed by atoms with van der Waals surface area (Å²) in [6.07, 6.45) is 4.71. The minimum atomic E-state index is -0.895. The Morgan fingerprint density at radius 1 is 0.299 bits per heavy atom. The van der Waals surface area contributed by atoms with Gasteiger partial charge in [-0.05, 0) is 158 Å². The van der Waals surface area contributed by atoms with E-state index in [1.165, 1.54) is 0 Å². The number of carbonyl (C=O) groups is 13. The largest absolute Gasteiger partial charge is 0.481 e. The molecule has 144 heavy (non-hydrogen) atoms. The molecule has 3 aliphatic rings. The summed E-state index contributed by atoms with van der Waals surface area (Å²) in [4.78, 5) is 160. The van der Waals surface area contributed by atoms with E-state index in [-0.39, 0.29) is 174 Å². The molecule has 0 radical (unpaired) electrons. The van der Waals surface area contributed by atoms with Crippen molar-refractivity contribution >= 4 is 76.2 Å². The van der Waals surface area contributed by atoms with Crippen LogP contribution in [0.3, 0.4) is 0 Å². The van der Waals surface area contributed by atoms with Crippen LogP contribution in [0.15, 0.2) is 212 Å². The number of hydrogen-bond donors (Lipinski definition) is 7. The SMILES string of the molecule is CC(C)C[C@H](N)C(=O)[C@@]1(C)CO1.CC(C)C[C@H](NC(=O)[C@@H](CC(=O)[C@@H](C)C(C)C)Cc1ccccc1)C(=O)[C@@]1(C)CO1.CC(C)C[C@H](NC(=O)[C@@H](CC(=O)[C@@H](N)C(C)C)Cc1ccccc1)C(=O)[C@@]1(C)CO1.CC(C)[C@H](C)C(=O)C[C@@H](Cc1ccccc1)C(=O)O.CC(C)[C@H](C)C(=O)C[C@@H](Cc1ccccc1)C(=O)OCc1ccccc1.CC(C)[C@H](C)C(=O)O.N[C@@H](Cc1ccccc1)C(=O)OCc1ccccc1. The first-order chi connectivity index (χ1) is 67.7. The second-order valence-electron chi connectivity index (χ2n) is 42.6. The summed E-state index contributed by atoms with van der Waals surface area (Å²) in [6, 6.07) is 64.6. The van der Waals surface area contributed by atoms with Gasteiger partial charge in [0.15, 0.2) is 23.1 Å². The van der Waals surface area contributed by atoms with Gasteiger partial charge in [0.2, 0.25) is 11.8 Å². The van der Waals surface area contributed by atoms with E-state index in [0.717, 1.165) is 45.4 Å². The van der Waals surface area contributed by atoms with Crippen LogP contribution in [0.25, 0.3) is 0 Å². The van der Waals surface area contributed by atoms with Crippen LogP contribution in [0.1, 0.15) is 243 Å². The number of rotatable bonds is 51. The molecule has 0 aromatic heterocycles. The van der Waals surface area contributed by atoms with Crippen molar-refractivity contribution in [2.45, 2.75) is 297 Å². The van der Waals surface area contributed by atoms with Gasteiger partial charge in [0.1, 0.15) is 53.4 Å². The zero-order valence-electron chi connectivity index (χ0n) is 89.8. The highest BCUT2D eigenvalue weighted by molar-refractivity contribution is 5.99. The maximum absolute atomic E-state index is 13.3. The zero-order chi connectivity index (χ0) is 108. The minimum Gasteiger partial charge on any atom is -0.481 e. The fraction of sp³-hybridized carbons (Fsp3) is 0.538. The Kier molecular flexibility index (Phi) is 55.0. The lowest BCUT2D eigenvalue weighted by Gasteiger charge is -2.25. The summed E-state index contributed by atoms with van der Waals surface area (Å²) >= 11 is 0. The summed E-state index contributed by atoms with van der Waals surface area (Å²) in [6.45, 7) is 46.4. The van der Waals surface area contributed by atoms with Crippen LogP contribution in [-0.2, 0) is 131 Å². The molecule has 0 bridgehead atoms. The van der Waals surface area contributed by atoms with Gasteiger partial charge >= 0.3 is 23.9 Å². The molecule has 7 aromatic carbocycles. The van der Waals surface area contributed by atoms with Gasteiger partial charge < -0.3 is 61.7 Å². The predicted octanol–water partition coefficient (Wildman–Crippen LogP) is 19.1. The first-order valence-electron chi connectivity index (χ1n) is 51.3. The number of ketones is 7. The third-order valence-electron chi connectivity index (χ3n) is 26.6. The number of epoxide rings is 3. The Balaban J connectivity index is 0.000000361. The monoisotopic (exact) mass is 1990 g/mol. The number of carbonyl (C=O) groups excluding carboxylic acids is 11. The molecule has 25 nitrogen and oxygen atoms in total. The van der Waals surface area contributed by atoms with E-state index in [9.17, 15) is 67.4 Å². The van der Waals surface area contributed by atoms with E-state index in [0.29, 0.717) is 70.7 Å². The average Bonchev–Trinajstić information content (AvgIpc) is 1.65. The molecule has 3 aliphatic heterocycles. The Labute approximate surface area is 857 Å². The molecule has 10 rings (SSSR count). The van der Waals surface area contributed by atoms with Crippen molar-refractivity contribution < 1.29 is 96.2 Å². The number of amides is 2. The van der Waals surface area contributed by atoms with E-state index in [4.69, 9.17) is 46.0 Å². The van der Waals surface area contributed by atoms with Crippen molar-refractivity contribution in [3.05, 3.63) is 251 Å². The number of carboxylic acid groups (broad SMARTS) is 2. The van der Waals surface area contributed by atoms with Crippen LogP contribution in [0, 0.1) is 94.7 Å². The molecule has 16 atom stereocenters. The van der Waals surface area contributed by atoms with E-state index in [1.54, 1.807) is 27.7 Å². The molecular formula is C119H169N5O20. The van der Waals surface area contributed by atoms with Crippen molar-refractivity contribution in [3.63, 3.8) is 0 Å². The molecule has 3 fully saturated rings. The van der Waals surface area contributed by atoms with E-state index in [1.807, 2.05) is 330 Å². The lowest BCUT2D eigenvalue weighted by Crippen LogP contribution is -2.49. The number of nitrogens with one attached hydrogen (secondary N) is 2. The molecule has 0 spiro atoms. The van der Waals surface area contributed by atoms with Crippen LogP contribution < -0.4 is 27.8 Å². The maximum atomic E-state index is 13.3. The lowest BCUT2D eigenvalue weighted by atomic mass is 9.85. The third-order valence-corrected chi connectivity index (χ3v) is 26.6. The van der Waals surface area contributed by atoms with Crippen LogP contribution in [-0.4, -0.2) is 153 Å². The van der Waals surface area contributed by atoms with Gasteiger partial charge in [-0.2, -0.15) is 0 Å². The molecule has 7 aromatic rings. The zero-order valence-corrected chi connectivity index (χ0v) is 89.8. The molecule has 0 saturated carbocycles. The molecule has 790 valence electrons. The van der Waals surface area contributed by atoms with Gasteiger partial charge in [-0.1, -0.05) is 351 Å². The van der Waals surface area contributed by atoms with Gasteiger partial charge in [-0.25, -0.2) is 0 Å². The van der Waals surface area contributed by atoms with E-state index >= 15 is 0 Å². The molecule has 25 heteroatoms. The van der Waals surface area contributed by atoms with Crippen LogP contribution in [0.4, 0.5) is 0 Å². The van der Waals surface area contributed by atoms with Crippen molar-refractivity contribution in [2.75, 3.05) is 19.8 Å². The topological polar surface area (TPSA) is 421 Å². The maximum Gasteiger partial charge on any atom is 0.323 e. The number of Topliss-reactive ketones (excluding diaryl/α,β-unsaturated/α-hetero) is 7. The smallest absolute Gasteiger partial charge is 0.323 e. The fourth-order valence-electron chi connectivity index (χ4n) is 15.1. The van der Waals surface area contributed by atoms with Gasteiger partial charge in [-0.3, -0.25) is 62.3 Å². The molecule has 0 unspecified atom stereocenters. The van der Waals surface area contributed by atoms with Gasteiger partial charge in [-0.15, -0.1) is 0 Å². The van der Waals surface area contributed by atoms with Crippen LogP contribution in [0.5, 0.6) is 0 Å². The van der Waals surface area contributed by atoms with Crippen molar-refractivity contribution in [2.24, 2.45) is 112 Å². The Morgan fingerprint density at radius 3 is 0.812 bits per heavy atom. The van der Waals surface area contributed by atoms with Crippen molar-refractivity contribution in [1.82, 2.24) is 10.6 Å². The highest BCUT2D eigenvalue weighted by Gasteiger charge is 2.52. The molecule has 3 saturated heterocycles.